The van der Waals surface area contributed by atoms with Gasteiger partial charge in [-0.1, -0.05) is 19.9 Å². The maximum absolute atomic E-state index is 9.53. The fourth-order valence-electron chi connectivity index (χ4n) is 2.17. The summed E-state index contributed by atoms with van der Waals surface area (Å²) in [6, 6.07) is 6.18. The highest BCUT2D eigenvalue weighted by molar-refractivity contribution is 5.42. The fourth-order valence-corrected chi connectivity index (χ4v) is 2.17. The zero-order valence-corrected chi connectivity index (χ0v) is 13.2. The van der Waals surface area contributed by atoms with Crippen LogP contribution in [0.15, 0.2) is 18.2 Å². The molecular weight excluding hydrogens is 254 g/mol. The van der Waals surface area contributed by atoms with Crippen LogP contribution < -0.4 is 14.8 Å². The maximum atomic E-state index is 9.53. The topological polar surface area (TPSA) is 50.7 Å². The lowest BCUT2D eigenvalue weighted by atomic mass is 9.98. The Morgan fingerprint density at radius 2 is 2.00 bits per heavy atom. The van der Waals surface area contributed by atoms with Crippen LogP contribution in [-0.2, 0) is 0 Å². The highest BCUT2D eigenvalue weighted by Gasteiger charge is 2.23. The third kappa shape index (κ3) is 5.02. The summed E-state index contributed by atoms with van der Waals surface area (Å²) in [7, 11) is 1.64. The van der Waals surface area contributed by atoms with Crippen molar-refractivity contribution in [2.45, 2.75) is 45.7 Å². The van der Waals surface area contributed by atoms with Gasteiger partial charge in [0.05, 0.1) is 20.3 Å². The first-order chi connectivity index (χ1) is 9.40. The average molecular weight is 281 g/mol. The molecule has 0 amide bonds. The first kappa shape index (κ1) is 16.8. The van der Waals surface area contributed by atoms with Gasteiger partial charge in [0.25, 0.3) is 0 Å². The Hall–Kier alpha value is -1.26. The van der Waals surface area contributed by atoms with Crippen LogP contribution in [0.5, 0.6) is 11.5 Å². The largest absolute Gasteiger partial charge is 0.493 e. The summed E-state index contributed by atoms with van der Waals surface area (Å²) >= 11 is 0. The smallest absolute Gasteiger partial charge is 0.161 e. The zero-order valence-electron chi connectivity index (χ0n) is 13.2. The summed E-state index contributed by atoms with van der Waals surface area (Å²) in [5.41, 5.74) is 0.808. The fraction of sp³-hybridized carbons (Fsp3) is 0.625. The molecule has 4 nitrogen and oxygen atoms in total. The zero-order chi connectivity index (χ0) is 15.2. The van der Waals surface area contributed by atoms with Crippen LogP contribution in [0, 0.1) is 6.92 Å². The van der Waals surface area contributed by atoms with Gasteiger partial charge in [-0.25, -0.2) is 0 Å². The summed E-state index contributed by atoms with van der Waals surface area (Å²) in [4.78, 5) is 0. The summed E-state index contributed by atoms with van der Waals surface area (Å²) in [5, 5.41) is 12.9. The molecule has 0 heterocycles. The Morgan fingerprint density at radius 3 is 2.55 bits per heavy atom. The Balaban J connectivity index is 2.59. The molecule has 0 spiro atoms. The van der Waals surface area contributed by atoms with Crippen molar-refractivity contribution in [3.63, 3.8) is 0 Å². The summed E-state index contributed by atoms with van der Waals surface area (Å²) in [6.45, 7) is 8.76. The molecule has 20 heavy (non-hydrogen) atoms. The lowest BCUT2D eigenvalue weighted by Gasteiger charge is -2.31. The Kier molecular flexibility index (Phi) is 6.30. The van der Waals surface area contributed by atoms with Crippen LogP contribution in [-0.4, -0.2) is 37.0 Å². The Bertz CT molecular complexity index is 420. The van der Waals surface area contributed by atoms with E-state index < -0.39 is 0 Å². The molecule has 2 N–H and O–H groups in total. The van der Waals surface area contributed by atoms with Gasteiger partial charge in [0.2, 0.25) is 0 Å². The summed E-state index contributed by atoms with van der Waals surface area (Å²) < 4.78 is 11.1. The molecule has 0 aromatic heterocycles. The minimum absolute atomic E-state index is 0.0829. The van der Waals surface area contributed by atoms with Crippen molar-refractivity contribution in [1.29, 1.82) is 0 Å². The second-order valence-corrected chi connectivity index (χ2v) is 5.77. The molecule has 0 fully saturated rings. The second-order valence-electron chi connectivity index (χ2n) is 5.77. The number of aliphatic hydroxyl groups is 1. The van der Waals surface area contributed by atoms with Gasteiger partial charge in [0.15, 0.2) is 11.5 Å². The standard InChI is InChI=1S/C16H27NO3/c1-12(2)17-16(4,11-18)8-9-20-14-7-6-13(3)10-15(14)19-5/h6-7,10,12,17-18H,8-9,11H2,1-5H3. The molecule has 0 aliphatic heterocycles. The monoisotopic (exact) mass is 281 g/mol. The molecular formula is C16H27NO3. The molecule has 0 saturated carbocycles. The van der Waals surface area contributed by atoms with Crippen LogP contribution in [0.1, 0.15) is 32.8 Å². The van der Waals surface area contributed by atoms with Crippen LogP contribution in [0.3, 0.4) is 0 Å². The van der Waals surface area contributed by atoms with E-state index in [0.29, 0.717) is 12.6 Å². The lowest BCUT2D eigenvalue weighted by molar-refractivity contribution is 0.135. The first-order valence-corrected chi connectivity index (χ1v) is 7.06. The van der Waals surface area contributed by atoms with Crippen LogP contribution in [0.25, 0.3) is 0 Å². The lowest BCUT2D eigenvalue weighted by Crippen LogP contribution is -2.49. The van der Waals surface area contributed by atoms with Gasteiger partial charge in [0, 0.05) is 18.0 Å². The van der Waals surface area contributed by atoms with Crippen molar-refractivity contribution in [3.8, 4) is 11.5 Å². The predicted octanol–water partition coefficient (Wildman–Crippen LogP) is 2.52. The Labute approximate surface area is 122 Å². The number of aliphatic hydroxyl groups excluding tert-OH is 1. The van der Waals surface area contributed by atoms with E-state index >= 15 is 0 Å². The third-order valence-electron chi connectivity index (χ3n) is 3.22. The number of hydrogen-bond donors (Lipinski definition) is 2. The van der Waals surface area contributed by atoms with Crippen molar-refractivity contribution in [3.05, 3.63) is 23.8 Å². The average Bonchev–Trinajstić information content (AvgIpc) is 2.39. The Morgan fingerprint density at radius 1 is 1.30 bits per heavy atom. The molecule has 114 valence electrons. The van der Waals surface area contributed by atoms with E-state index in [0.717, 1.165) is 23.5 Å². The van der Waals surface area contributed by atoms with E-state index in [4.69, 9.17) is 9.47 Å². The van der Waals surface area contributed by atoms with E-state index in [1.165, 1.54) is 0 Å². The van der Waals surface area contributed by atoms with Gasteiger partial charge in [-0.2, -0.15) is 0 Å². The van der Waals surface area contributed by atoms with Gasteiger partial charge in [-0.15, -0.1) is 0 Å². The molecule has 1 unspecified atom stereocenters. The van der Waals surface area contributed by atoms with Crippen molar-refractivity contribution >= 4 is 0 Å². The van der Waals surface area contributed by atoms with Crippen molar-refractivity contribution in [2.24, 2.45) is 0 Å². The molecule has 0 aliphatic carbocycles. The number of benzene rings is 1. The molecule has 1 atom stereocenters. The van der Waals surface area contributed by atoms with Gasteiger partial charge >= 0.3 is 0 Å². The predicted molar refractivity (Wildman–Crippen MR) is 81.6 cm³/mol. The molecule has 0 aliphatic rings. The van der Waals surface area contributed by atoms with E-state index in [9.17, 15) is 5.11 Å². The van der Waals surface area contributed by atoms with Gasteiger partial charge in [0.1, 0.15) is 0 Å². The van der Waals surface area contributed by atoms with Gasteiger partial charge in [-0.3, -0.25) is 0 Å². The minimum Gasteiger partial charge on any atom is -0.493 e. The SMILES string of the molecule is COc1cc(C)ccc1OCCC(C)(CO)NC(C)C. The van der Waals surface area contributed by atoms with Crippen LogP contribution in [0.2, 0.25) is 0 Å². The van der Waals surface area contributed by atoms with E-state index in [1.807, 2.05) is 32.0 Å². The van der Waals surface area contributed by atoms with Crippen molar-refractivity contribution in [1.82, 2.24) is 5.32 Å². The highest BCUT2D eigenvalue weighted by Crippen LogP contribution is 2.28. The number of nitrogens with one attached hydrogen (secondary N) is 1. The molecule has 0 radical (unpaired) electrons. The van der Waals surface area contributed by atoms with E-state index in [-0.39, 0.29) is 12.1 Å². The normalized spacial score (nSPS) is 14.2. The number of aryl methyl sites for hydroxylation is 1. The third-order valence-corrected chi connectivity index (χ3v) is 3.22. The number of hydrogen-bond acceptors (Lipinski definition) is 4. The molecule has 1 rings (SSSR count). The second kappa shape index (κ2) is 7.50. The molecule has 0 bridgehead atoms. The van der Waals surface area contributed by atoms with Gasteiger partial charge in [-0.05, 0) is 31.5 Å². The number of methoxy groups -OCH3 is 1. The van der Waals surface area contributed by atoms with Crippen molar-refractivity contribution < 1.29 is 14.6 Å². The van der Waals surface area contributed by atoms with Crippen LogP contribution >= 0.6 is 0 Å². The summed E-state index contributed by atoms with van der Waals surface area (Å²) in [6.07, 6.45) is 0.721. The first-order valence-electron chi connectivity index (χ1n) is 7.06. The molecule has 0 saturated heterocycles. The van der Waals surface area contributed by atoms with E-state index in [1.54, 1.807) is 7.11 Å². The van der Waals surface area contributed by atoms with Crippen molar-refractivity contribution in [2.75, 3.05) is 20.3 Å². The van der Waals surface area contributed by atoms with E-state index in [2.05, 4.69) is 19.2 Å². The molecule has 1 aromatic carbocycles. The quantitative estimate of drug-likeness (QED) is 0.769. The molecule has 1 aromatic rings. The molecule has 4 heteroatoms. The maximum Gasteiger partial charge on any atom is 0.161 e. The van der Waals surface area contributed by atoms with Gasteiger partial charge < -0.3 is 19.9 Å². The van der Waals surface area contributed by atoms with Crippen LogP contribution in [0.4, 0.5) is 0 Å². The highest BCUT2D eigenvalue weighted by atomic mass is 16.5. The number of ether oxygens (including phenoxy) is 2. The summed E-state index contributed by atoms with van der Waals surface area (Å²) in [5.74, 6) is 1.48. The number of rotatable bonds is 8. The minimum atomic E-state index is -0.327.